The van der Waals surface area contributed by atoms with Gasteiger partial charge >= 0.3 is 0 Å². The molecule has 1 aromatic rings. The van der Waals surface area contributed by atoms with Crippen molar-refractivity contribution in [1.82, 2.24) is 10.2 Å². The first-order valence-corrected chi connectivity index (χ1v) is 8.12. The van der Waals surface area contributed by atoms with Crippen LogP contribution in [0, 0.1) is 0 Å². The average Bonchev–Trinajstić information content (AvgIpc) is 3.25. The van der Waals surface area contributed by atoms with Gasteiger partial charge in [-0.2, -0.15) is 0 Å². The van der Waals surface area contributed by atoms with Gasteiger partial charge in [0.1, 0.15) is 12.3 Å². The van der Waals surface area contributed by atoms with Gasteiger partial charge in [-0.05, 0) is 36.7 Å². The third-order valence-corrected chi connectivity index (χ3v) is 4.45. The molecule has 0 radical (unpaired) electrons. The highest BCUT2D eigenvalue weighted by molar-refractivity contribution is 8.18. The quantitative estimate of drug-likeness (QED) is 0.822. The second-order valence-electron chi connectivity index (χ2n) is 5.22. The lowest BCUT2D eigenvalue weighted by Crippen LogP contribution is -2.41. The fraction of sp³-hybridized carbons (Fsp3) is 0.400. The van der Waals surface area contributed by atoms with E-state index < -0.39 is 11.1 Å². The SMILES string of the molecule is O=C(CN1C(=O)S/C(=C\c2ccco2)C1=O)NC[C@@H]1CCCO1. The molecule has 0 aliphatic carbocycles. The first-order valence-electron chi connectivity index (χ1n) is 7.30. The minimum atomic E-state index is -0.483. The molecular weight excluding hydrogens is 320 g/mol. The summed E-state index contributed by atoms with van der Waals surface area (Å²) in [5.74, 6) is -0.371. The molecule has 2 fully saturated rings. The lowest BCUT2D eigenvalue weighted by atomic mass is 10.2. The largest absolute Gasteiger partial charge is 0.465 e. The zero-order valence-electron chi connectivity index (χ0n) is 12.3. The Kier molecular flexibility index (Phi) is 4.82. The topological polar surface area (TPSA) is 88.9 Å². The van der Waals surface area contributed by atoms with Crippen LogP contribution < -0.4 is 5.32 Å². The second-order valence-corrected chi connectivity index (χ2v) is 6.22. The molecule has 2 saturated heterocycles. The Hall–Kier alpha value is -2.06. The molecule has 23 heavy (non-hydrogen) atoms. The molecule has 2 aliphatic heterocycles. The van der Waals surface area contributed by atoms with Crippen LogP contribution in [-0.2, 0) is 14.3 Å². The molecule has 0 spiro atoms. The van der Waals surface area contributed by atoms with Crippen molar-refractivity contribution in [1.29, 1.82) is 0 Å². The van der Waals surface area contributed by atoms with Crippen LogP contribution >= 0.6 is 11.8 Å². The van der Waals surface area contributed by atoms with Gasteiger partial charge in [0.05, 0.1) is 17.3 Å². The van der Waals surface area contributed by atoms with Crippen LogP contribution in [0.3, 0.4) is 0 Å². The number of furan rings is 1. The predicted molar refractivity (Wildman–Crippen MR) is 83.4 cm³/mol. The molecule has 1 aromatic heterocycles. The molecule has 0 aromatic carbocycles. The highest BCUT2D eigenvalue weighted by Crippen LogP contribution is 2.31. The minimum Gasteiger partial charge on any atom is -0.465 e. The number of rotatable bonds is 5. The Labute approximate surface area is 137 Å². The molecule has 122 valence electrons. The van der Waals surface area contributed by atoms with E-state index in [9.17, 15) is 14.4 Å². The van der Waals surface area contributed by atoms with Gasteiger partial charge in [-0.1, -0.05) is 0 Å². The zero-order valence-corrected chi connectivity index (χ0v) is 13.1. The minimum absolute atomic E-state index is 0.0210. The van der Waals surface area contributed by atoms with E-state index in [-0.39, 0.29) is 23.5 Å². The van der Waals surface area contributed by atoms with Crippen molar-refractivity contribution in [3.8, 4) is 0 Å². The van der Waals surface area contributed by atoms with Crippen molar-refractivity contribution < 1.29 is 23.5 Å². The smallest absolute Gasteiger partial charge is 0.294 e. The monoisotopic (exact) mass is 336 g/mol. The Balaban J connectivity index is 1.56. The molecule has 3 heterocycles. The second kappa shape index (κ2) is 7.01. The van der Waals surface area contributed by atoms with Gasteiger partial charge in [0.25, 0.3) is 11.1 Å². The van der Waals surface area contributed by atoms with E-state index in [0.29, 0.717) is 18.9 Å². The molecule has 1 atom stereocenters. The number of amides is 3. The van der Waals surface area contributed by atoms with E-state index in [1.807, 2.05) is 0 Å². The number of carbonyl (C=O) groups excluding carboxylic acids is 3. The number of nitrogens with one attached hydrogen (secondary N) is 1. The normalized spacial score (nSPS) is 23.0. The number of ether oxygens (including phenoxy) is 1. The summed E-state index contributed by atoms with van der Waals surface area (Å²) in [6, 6.07) is 3.37. The summed E-state index contributed by atoms with van der Waals surface area (Å²) >= 11 is 0.799. The molecule has 2 aliphatic rings. The Bertz CT molecular complexity index is 634. The van der Waals surface area contributed by atoms with E-state index in [2.05, 4.69) is 5.32 Å². The molecule has 3 rings (SSSR count). The van der Waals surface area contributed by atoms with E-state index >= 15 is 0 Å². The van der Waals surface area contributed by atoms with Crippen LogP contribution in [0.1, 0.15) is 18.6 Å². The lowest BCUT2D eigenvalue weighted by Gasteiger charge is -2.14. The van der Waals surface area contributed by atoms with Crippen LogP contribution in [0.25, 0.3) is 6.08 Å². The summed E-state index contributed by atoms with van der Waals surface area (Å²) < 4.78 is 10.5. The number of thioether (sulfide) groups is 1. The van der Waals surface area contributed by atoms with E-state index in [1.54, 1.807) is 12.1 Å². The Morgan fingerprint density at radius 2 is 2.35 bits per heavy atom. The van der Waals surface area contributed by atoms with Gasteiger partial charge in [-0.3, -0.25) is 19.3 Å². The fourth-order valence-corrected chi connectivity index (χ4v) is 3.19. The Morgan fingerprint density at radius 3 is 3.04 bits per heavy atom. The van der Waals surface area contributed by atoms with Crippen LogP contribution in [0.2, 0.25) is 0 Å². The van der Waals surface area contributed by atoms with Gasteiger partial charge in [-0.25, -0.2) is 0 Å². The van der Waals surface area contributed by atoms with Crippen LogP contribution in [0.5, 0.6) is 0 Å². The lowest BCUT2D eigenvalue weighted by molar-refractivity contribution is -0.129. The summed E-state index contributed by atoms with van der Waals surface area (Å²) in [5.41, 5.74) is 0. The van der Waals surface area contributed by atoms with E-state index in [1.165, 1.54) is 12.3 Å². The summed E-state index contributed by atoms with van der Waals surface area (Å²) in [5, 5.41) is 2.24. The summed E-state index contributed by atoms with van der Waals surface area (Å²) in [4.78, 5) is 37.2. The third-order valence-electron chi connectivity index (χ3n) is 3.54. The predicted octanol–water partition coefficient (Wildman–Crippen LogP) is 1.61. The van der Waals surface area contributed by atoms with Gasteiger partial charge in [0.15, 0.2) is 0 Å². The standard InChI is InChI=1S/C15H16N2O5S/c18-13(16-8-11-4-2-6-22-11)9-17-14(19)12(23-15(17)20)7-10-3-1-5-21-10/h1,3,5,7,11H,2,4,6,8-9H2,(H,16,18)/b12-7-/t11-/m0/s1. The molecule has 0 unspecified atom stereocenters. The van der Waals surface area contributed by atoms with Crippen molar-refractivity contribution in [3.63, 3.8) is 0 Å². The number of carbonyl (C=O) groups is 3. The van der Waals surface area contributed by atoms with E-state index in [0.717, 1.165) is 29.5 Å². The first-order chi connectivity index (χ1) is 11.1. The van der Waals surface area contributed by atoms with Gasteiger partial charge in [-0.15, -0.1) is 0 Å². The molecular formula is C15H16N2O5S. The number of imide groups is 1. The highest BCUT2D eigenvalue weighted by atomic mass is 32.2. The number of hydrogen-bond donors (Lipinski definition) is 1. The maximum Gasteiger partial charge on any atom is 0.294 e. The molecule has 8 heteroatoms. The molecule has 7 nitrogen and oxygen atoms in total. The third kappa shape index (κ3) is 3.83. The van der Waals surface area contributed by atoms with Crippen molar-refractivity contribution in [3.05, 3.63) is 29.1 Å². The zero-order chi connectivity index (χ0) is 16.2. The highest BCUT2D eigenvalue weighted by Gasteiger charge is 2.36. The van der Waals surface area contributed by atoms with Crippen molar-refractivity contribution in [2.75, 3.05) is 19.7 Å². The van der Waals surface area contributed by atoms with E-state index in [4.69, 9.17) is 9.15 Å². The van der Waals surface area contributed by atoms with Crippen LogP contribution in [0.4, 0.5) is 4.79 Å². The van der Waals surface area contributed by atoms with Crippen molar-refractivity contribution >= 4 is 34.9 Å². The fourth-order valence-electron chi connectivity index (χ4n) is 2.37. The average molecular weight is 336 g/mol. The summed E-state index contributed by atoms with van der Waals surface area (Å²) in [7, 11) is 0. The maximum absolute atomic E-state index is 12.2. The molecule has 1 N–H and O–H groups in total. The van der Waals surface area contributed by atoms with Gasteiger partial charge in [0.2, 0.25) is 5.91 Å². The Morgan fingerprint density at radius 1 is 1.48 bits per heavy atom. The van der Waals surface area contributed by atoms with Crippen LogP contribution in [-0.4, -0.2) is 47.8 Å². The summed E-state index contributed by atoms with van der Waals surface area (Å²) in [6.07, 6.45) is 4.89. The van der Waals surface area contributed by atoms with Crippen molar-refractivity contribution in [2.45, 2.75) is 18.9 Å². The van der Waals surface area contributed by atoms with Gasteiger partial charge in [0, 0.05) is 19.2 Å². The molecule has 0 bridgehead atoms. The number of hydrogen-bond acceptors (Lipinski definition) is 6. The first kappa shape index (κ1) is 15.8. The van der Waals surface area contributed by atoms with Crippen molar-refractivity contribution in [2.24, 2.45) is 0 Å². The molecule has 3 amide bonds. The summed E-state index contributed by atoms with van der Waals surface area (Å²) in [6.45, 7) is 0.825. The number of nitrogens with zero attached hydrogens (tertiary/aromatic N) is 1. The maximum atomic E-state index is 12.2. The van der Waals surface area contributed by atoms with Gasteiger partial charge < -0.3 is 14.5 Å². The molecule has 0 saturated carbocycles. The van der Waals surface area contributed by atoms with Crippen LogP contribution in [0.15, 0.2) is 27.7 Å².